The molecule has 1 aliphatic rings. The van der Waals surface area contributed by atoms with Crippen molar-refractivity contribution in [2.24, 2.45) is 0 Å². The summed E-state index contributed by atoms with van der Waals surface area (Å²) in [6, 6.07) is 0. The van der Waals surface area contributed by atoms with Crippen molar-refractivity contribution in [1.82, 2.24) is 14.5 Å². The van der Waals surface area contributed by atoms with Gasteiger partial charge in [-0.15, -0.1) is 0 Å². The fourth-order valence-corrected chi connectivity index (χ4v) is 2.44. The number of nitrogens with one attached hydrogen (secondary N) is 1. The van der Waals surface area contributed by atoms with Gasteiger partial charge in [0, 0.05) is 19.3 Å². The Labute approximate surface area is 104 Å². The van der Waals surface area contributed by atoms with Gasteiger partial charge in [0.25, 0.3) is 0 Å². The van der Waals surface area contributed by atoms with Gasteiger partial charge in [-0.2, -0.15) is 0 Å². The summed E-state index contributed by atoms with van der Waals surface area (Å²) < 4.78 is 2.17. The molecule has 17 heavy (non-hydrogen) atoms. The first-order valence-corrected chi connectivity index (χ1v) is 6.79. The molecule has 4 nitrogen and oxygen atoms in total. The first kappa shape index (κ1) is 12.4. The molecule has 4 heteroatoms. The number of nitrogens with zero attached hydrogens (tertiary/aromatic N) is 3. The highest BCUT2D eigenvalue weighted by Crippen LogP contribution is 2.09. The second-order valence-corrected chi connectivity index (χ2v) is 4.82. The van der Waals surface area contributed by atoms with E-state index in [0.717, 1.165) is 24.7 Å². The average molecular weight is 236 g/mol. The average Bonchev–Trinajstić information content (AvgIpc) is 2.93. The molecule has 0 atom stereocenters. The third-order valence-corrected chi connectivity index (χ3v) is 3.37. The summed E-state index contributed by atoms with van der Waals surface area (Å²) in [5.74, 6) is 1.02. The zero-order valence-electron chi connectivity index (χ0n) is 11.1. The molecule has 1 fully saturated rings. The Bertz CT molecular complexity index is 339. The predicted molar refractivity (Wildman–Crippen MR) is 71.4 cm³/mol. The van der Waals surface area contributed by atoms with Crippen LogP contribution in [0.4, 0.5) is 5.95 Å². The number of aryl methyl sites for hydroxylation is 2. The zero-order chi connectivity index (χ0) is 12.1. The molecule has 0 amide bonds. The molecule has 1 aliphatic heterocycles. The van der Waals surface area contributed by atoms with Crippen LogP contribution in [0.25, 0.3) is 0 Å². The lowest BCUT2D eigenvalue weighted by atomic mass is 10.4. The SMILES string of the molecule is CCn1cc(C)nc1NCCCN1CCCC1. The lowest BCUT2D eigenvalue weighted by Crippen LogP contribution is -2.22. The number of rotatable bonds is 6. The highest BCUT2D eigenvalue weighted by atomic mass is 15.2. The number of imidazole rings is 1. The van der Waals surface area contributed by atoms with Gasteiger partial charge in [0.2, 0.25) is 5.95 Å². The smallest absolute Gasteiger partial charge is 0.203 e. The van der Waals surface area contributed by atoms with Crippen LogP contribution in [0.2, 0.25) is 0 Å². The molecule has 2 heterocycles. The van der Waals surface area contributed by atoms with Gasteiger partial charge in [0.15, 0.2) is 0 Å². The minimum Gasteiger partial charge on any atom is -0.356 e. The Morgan fingerprint density at radius 2 is 2.12 bits per heavy atom. The van der Waals surface area contributed by atoms with Crippen molar-refractivity contribution < 1.29 is 0 Å². The molecule has 0 saturated carbocycles. The molecule has 1 N–H and O–H groups in total. The molecule has 0 spiro atoms. The highest BCUT2D eigenvalue weighted by Gasteiger charge is 2.10. The lowest BCUT2D eigenvalue weighted by Gasteiger charge is -2.14. The molecular formula is C13H24N4. The lowest BCUT2D eigenvalue weighted by molar-refractivity contribution is 0.337. The van der Waals surface area contributed by atoms with Crippen LogP contribution in [-0.2, 0) is 6.54 Å². The van der Waals surface area contributed by atoms with Crippen LogP contribution in [0.5, 0.6) is 0 Å². The van der Waals surface area contributed by atoms with Crippen LogP contribution in [0.3, 0.4) is 0 Å². The number of likely N-dealkylation sites (tertiary alicyclic amines) is 1. The zero-order valence-corrected chi connectivity index (χ0v) is 11.1. The maximum atomic E-state index is 4.49. The monoisotopic (exact) mass is 236 g/mol. The molecule has 2 rings (SSSR count). The van der Waals surface area contributed by atoms with E-state index >= 15 is 0 Å². The van der Waals surface area contributed by atoms with Gasteiger partial charge in [-0.25, -0.2) is 4.98 Å². The van der Waals surface area contributed by atoms with Gasteiger partial charge < -0.3 is 14.8 Å². The molecular weight excluding hydrogens is 212 g/mol. The van der Waals surface area contributed by atoms with Gasteiger partial charge >= 0.3 is 0 Å². The normalized spacial score (nSPS) is 16.6. The van der Waals surface area contributed by atoms with E-state index in [1.807, 2.05) is 6.92 Å². The topological polar surface area (TPSA) is 33.1 Å². The van der Waals surface area contributed by atoms with E-state index in [9.17, 15) is 0 Å². The van der Waals surface area contributed by atoms with Gasteiger partial charge in [-0.1, -0.05) is 0 Å². The molecule has 1 saturated heterocycles. The second kappa shape index (κ2) is 6.05. The van der Waals surface area contributed by atoms with Crippen molar-refractivity contribution >= 4 is 5.95 Å². The van der Waals surface area contributed by atoms with Gasteiger partial charge in [-0.3, -0.25) is 0 Å². The second-order valence-electron chi connectivity index (χ2n) is 4.82. The minimum absolute atomic E-state index is 0.981. The molecule has 1 aromatic heterocycles. The quantitative estimate of drug-likeness (QED) is 0.768. The van der Waals surface area contributed by atoms with E-state index < -0.39 is 0 Å². The van der Waals surface area contributed by atoms with E-state index in [0.29, 0.717) is 0 Å². The van der Waals surface area contributed by atoms with Gasteiger partial charge in [0.1, 0.15) is 0 Å². The Kier molecular flexibility index (Phi) is 4.42. The largest absolute Gasteiger partial charge is 0.356 e. The summed E-state index contributed by atoms with van der Waals surface area (Å²) in [5.41, 5.74) is 1.09. The maximum absolute atomic E-state index is 4.49. The summed E-state index contributed by atoms with van der Waals surface area (Å²) in [4.78, 5) is 7.04. The van der Waals surface area contributed by atoms with Crippen LogP contribution in [0, 0.1) is 6.92 Å². The molecule has 0 aromatic carbocycles. The molecule has 0 bridgehead atoms. The van der Waals surface area contributed by atoms with E-state index in [2.05, 4.69) is 32.9 Å². The summed E-state index contributed by atoms with van der Waals surface area (Å²) >= 11 is 0. The van der Waals surface area contributed by atoms with Crippen LogP contribution >= 0.6 is 0 Å². The highest BCUT2D eigenvalue weighted by molar-refractivity contribution is 5.28. The van der Waals surface area contributed by atoms with Crippen molar-refractivity contribution in [3.63, 3.8) is 0 Å². The Hall–Kier alpha value is -1.03. The van der Waals surface area contributed by atoms with Gasteiger partial charge in [0.05, 0.1) is 5.69 Å². The first-order chi connectivity index (χ1) is 8.29. The summed E-state index contributed by atoms with van der Waals surface area (Å²) in [7, 11) is 0. The van der Waals surface area contributed by atoms with E-state index in [1.54, 1.807) is 0 Å². The van der Waals surface area contributed by atoms with Crippen LogP contribution < -0.4 is 5.32 Å². The van der Waals surface area contributed by atoms with Crippen LogP contribution in [-0.4, -0.2) is 40.6 Å². The summed E-state index contributed by atoms with van der Waals surface area (Å²) in [6.07, 6.45) is 6.07. The van der Waals surface area contributed by atoms with Crippen LogP contribution in [0.1, 0.15) is 31.9 Å². The summed E-state index contributed by atoms with van der Waals surface area (Å²) in [6.45, 7) is 10.0. The first-order valence-electron chi connectivity index (χ1n) is 6.79. The van der Waals surface area contributed by atoms with Crippen LogP contribution in [0.15, 0.2) is 6.20 Å². The molecule has 0 radical (unpaired) electrons. The Morgan fingerprint density at radius 1 is 1.35 bits per heavy atom. The molecule has 0 aliphatic carbocycles. The maximum Gasteiger partial charge on any atom is 0.203 e. The minimum atomic E-state index is 0.981. The number of anilines is 1. The molecule has 0 unspecified atom stereocenters. The third kappa shape index (κ3) is 3.46. The van der Waals surface area contributed by atoms with E-state index in [4.69, 9.17) is 0 Å². The van der Waals surface area contributed by atoms with Crippen molar-refractivity contribution in [3.05, 3.63) is 11.9 Å². The van der Waals surface area contributed by atoms with Crippen molar-refractivity contribution in [2.75, 3.05) is 31.5 Å². The Balaban J connectivity index is 1.70. The fraction of sp³-hybridized carbons (Fsp3) is 0.769. The number of hydrogen-bond acceptors (Lipinski definition) is 3. The van der Waals surface area contributed by atoms with E-state index in [-0.39, 0.29) is 0 Å². The predicted octanol–water partition coefficient (Wildman–Crippen LogP) is 2.11. The van der Waals surface area contributed by atoms with Gasteiger partial charge in [-0.05, 0) is 52.7 Å². The van der Waals surface area contributed by atoms with Crippen molar-refractivity contribution in [1.29, 1.82) is 0 Å². The number of hydrogen-bond donors (Lipinski definition) is 1. The summed E-state index contributed by atoms with van der Waals surface area (Å²) in [5, 5.41) is 3.43. The molecule has 1 aromatic rings. The standard InChI is InChI=1S/C13H24N4/c1-3-17-11-12(2)15-13(17)14-7-6-10-16-8-4-5-9-16/h11H,3-10H2,1-2H3,(H,14,15). The third-order valence-electron chi connectivity index (χ3n) is 3.37. The van der Waals surface area contributed by atoms with Crippen molar-refractivity contribution in [3.8, 4) is 0 Å². The fourth-order valence-electron chi connectivity index (χ4n) is 2.44. The van der Waals surface area contributed by atoms with E-state index in [1.165, 1.54) is 38.9 Å². The van der Waals surface area contributed by atoms with Crippen molar-refractivity contribution in [2.45, 2.75) is 39.7 Å². The molecule has 96 valence electrons. The Morgan fingerprint density at radius 3 is 2.82 bits per heavy atom. The number of aromatic nitrogens is 2.